The number of rotatable bonds is 2. The minimum atomic E-state index is -0.130. The normalized spacial score (nSPS) is 18.4. The van der Waals surface area contributed by atoms with Crippen LogP contribution in [-0.4, -0.2) is 26.7 Å². The maximum atomic E-state index is 11.4. The van der Waals surface area contributed by atoms with Crippen molar-refractivity contribution in [2.75, 3.05) is 25.6 Å². The molecule has 1 aromatic carbocycles. The van der Waals surface area contributed by atoms with Gasteiger partial charge in [-0.25, -0.2) is 0 Å². The first-order valence-corrected chi connectivity index (χ1v) is 5.51. The molecule has 86 valence electrons. The largest absolute Gasteiger partial charge is 0.469 e. The highest BCUT2D eigenvalue weighted by Crippen LogP contribution is 2.39. The van der Waals surface area contributed by atoms with E-state index in [-0.39, 0.29) is 11.9 Å². The molecule has 0 spiro atoms. The summed E-state index contributed by atoms with van der Waals surface area (Å²) in [5.74, 6) is 0.142. The van der Waals surface area contributed by atoms with Gasteiger partial charge in [0, 0.05) is 25.2 Å². The zero-order valence-electron chi connectivity index (χ0n) is 9.99. The van der Waals surface area contributed by atoms with Crippen LogP contribution in [0, 0.1) is 6.92 Å². The summed E-state index contributed by atoms with van der Waals surface area (Å²) >= 11 is 0. The van der Waals surface area contributed by atoms with E-state index in [0.29, 0.717) is 6.42 Å². The van der Waals surface area contributed by atoms with Gasteiger partial charge < -0.3 is 9.64 Å². The highest BCUT2D eigenvalue weighted by atomic mass is 16.5. The number of hydrogen-bond acceptors (Lipinski definition) is 3. The standard InChI is InChI=1S/C13H17NO2/c1-9-5-4-6-11-13(9)10(8-14(11)2)7-12(15)16-3/h4-6,10H,7-8H2,1-3H3. The smallest absolute Gasteiger partial charge is 0.306 e. The summed E-state index contributed by atoms with van der Waals surface area (Å²) in [4.78, 5) is 13.6. The van der Waals surface area contributed by atoms with Gasteiger partial charge in [-0.15, -0.1) is 0 Å². The quantitative estimate of drug-likeness (QED) is 0.713. The average Bonchev–Trinajstić information content (AvgIpc) is 2.57. The molecule has 1 aliphatic rings. The van der Waals surface area contributed by atoms with Crippen molar-refractivity contribution in [3.8, 4) is 0 Å². The molecule has 3 heteroatoms. The van der Waals surface area contributed by atoms with Crippen LogP contribution in [0.25, 0.3) is 0 Å². The van der Waals surface area contributed by atoms with E-state index < -0.39 is 0 Å². The molecule has 0 fully saturated rings. The predicted octanol–water partition coefficient (Wildman–Crippen LogP) is 2.09. The number of hydrogen-bond donors (Lipinski definition) is 0. The average molecular weight is 219 g/mol. The third-order valence-electron chi connectivity index (χ3n) is 3.26. The van der Waals surface area contributed by atoms with E-state index in [1.165, 1.54) is 23.9 Å². The van der Waals surface area contributed by atoms with Gasteiger partial charge in [-0.1, -0.05) is 12.1 Å². The third kappa shape index (κ3) is 1.77. The van der Waals surface area contributed by atoms with E-state index in [0.717, 1.165) is 6.54 Å². The molecule has 0 saturated carbocycles. The number of nitrogens with zero attached hydrogens (tertiary/aromatic N) is 1. The summed E-state index contributed by atoms with van der Waals surface area (Å²) in [5, 5.41) is 0. The second kappa shape index (κ2) is 4.16. The van der Waals surface area contributed by atoms with Crippen molar-refractivity contribution in [3.05, 3.63) is 29.3 Å². The lowest BCUT2D eigenvalue weighted by atomic mass is 9.94. The topological polar surface area (TPSA) is 29.5 Å². The van der Waals surface area contributed by atoms with Crippen LogP contribution in [0.3, 0.4) is 0 Å². The van der Waals surface area contributed by atoms with Crippen molar-refractivity contribution in [1.82, 2.24) is 0 Å². The molecule has 3 nitrogen and oxygen atoms in total. The molecule has 0 saturated heterocycles. The fourth-order valence-electron chi connectivity index (χ4n) is 2.50. The van der Waals surface area contributed by atoms with Gasteiger partial charge in [0.2, 0.25) is 0 Å². The molecular formula is C13H17NO2. The van der Waals surface area contributed by atoms with Gasteiger partial charge in [0.1, 0.15) is 0 Å². The van der Waals surface area contributed by atoms with E-state index in [2.05, 4.69) is 37.1 Å². The predicted molar refractivity (Wildman–Crippen MR) is 63.8 cm³/mol. The van der Waals surface area contributed by atoms with Gasteiger partial charge in [0.05, 0.1) is 13.5 Å². The third-order valence-corrected chi connectivity index (χ3v) is 3.26. The van der Waals surface area contributed by atoms with Crippen molar-refractivity contribution in [2.24, 2.45) is 0 Å². The summed E-state index contributed by atoms with van der Waals surface area (Å²) in [6, 6.07) is 6.27. The number of benzene rings is 1. The summed E-state index contributed by atoms with van der Waals surface area (Å²) in [6.07, 6.45) is 0.471. The second-order valence-corrected chi connectivity index (χ2v) is 4.37. The lowest BCUT2D eigenvalue weighted by Gasteiger charge is -2.11. The van der Waals surface area contributed by atoms with Crippen molar-refractivity contribution >= 4 is 11.7 Å². The Balaban J connectivity index is 2.31. The summed E-state index contributed by atoms with van der Waals surface area (Å²) in [5.41, 5.74) is 3.81. The SMILES string of the molecule is COC(=O)CC1CN(C)c2cccc(C)c21. The number of likely N-dealkylation sites (N-methyl/N-ethyl adjacent to an activating group) is 1. The molecular weight excluding hydrogens is 202 g/mol. The summed E-state index contributed by atoms with van der Waals surface area (Å²) < 4.78 is 4.74. The maximum absolute atomic E-state index is 11.4. The molecule has 1 aromatic rings. The molecule has 1 unspecified atom stereocenters. The van der Waals surface area contributed by atoms with Crippen LogP contribution in [0.2, 0.25) is 0 Å². The zero-order valence-corrected chi connectivity index (χ0v) is 9.99. The number of esters is 1. The van der Waals surface area contributed by atoms with Crippen molar-refractivity contribution < 1.29 is 9.53 Å². The van der Waals surface area contributed by atoms with Gasteiger partial charge in [0.25, 0.3) is 0 Å². The van der Waals surface area contributed by atoms with Crippen LogP contribution in [0.1, 0.15) is 23.5 Å². The Labute approximate surface area is 96.0 Å². The number of aryl methyl sites for hydroxylation is 1. The molecule has 1 atom stereocenters. The molecule has 0 N–H and O–H groups in total. The van der Waals surface area contributed by atoms with Gasteiger partial charge in [-0.2, -0.15) is 0 Å². The lowest BCUT2D eigenvalue weighted by Crippen LogP contribution is -2.17. The number of carbonyl (C=O) groups excluding carboxylic acids is 1. The first kappa shape index (κ1) is 11.0. The Morgan fingerprint density at radius 3 is 3.00 bits per heavy atom. The molecule has 0 aromatic heterocycles. The van der Waals surface area contributed by atoms with E-state index in [1.54, 1.807) is 0 Å². The summed E-state index contributed by atoms with van der Waals surface area (Å²) in [7, 11) is 3.51. The maximum Gasteiger partial charge on any atom is 0.306 e. The summed E-state index contributed by atoms with van der Waals surface area (Å²) in [6.45, 7) is 3.00. The van der Waals surface area contributed by atoms with E-state index in [1.807, 2.05) is 0 Å². The molecule has 0 amide bonds. The first-order chi connectivity index (χ1) is 7.63. The molecule has 0 radical (unpaired) electrons. The number of anilines is 1. The molecule has 1 aliphatic heterocycles. The number of ether oxygens (including phenoxy) is 1. The van der Waals surface area contributed by atoms with Crippen molar-refractivity contribution in [3.63, 3.8) is 0 Å². The van der Waals surface area contributed by atoms with Crippen LogP contribution < -0.4 is 4.90 Å². The van der Waals surface area contributed by atoms with Gasteiger partial charge in [0.15, 0.2) is 0 Å². The molecule has 16 heavy (non-hydrogen) atoms. The van der Waals surface area contributed by atoms with Crippen LogP contribution in [0.5, 0.6) is 0 Å². The van der Waals surface area contributed by atoms with Crippen LogP contribution in [-0.2, 0) is 9.53 Å². The highest BCUT2D eigenvalue weighted by molar-refractivity contribution is 5.73. The van der Waals surface area contributed by atoms with Crippen LogP contribution in [0.15, 0.2) is 18.2 Å². The van der Waals surface area contributed by atoms with Crippen molar-refractivity contribution in [1.29, 1.82) is 0 Å². The van der Waals surface area contributed by atoms with Gasteiger partial charge >= 0.3 is 5.97 Å². The Bertz CT molecular complexity index is 414. The fourth-order valence-corrected chi connectivity index (χ4v) is 2.50. The Kier molecular flexibility index (Phi) is 2.86. The monoisotopic (exact) mass is 219 g/mol. The van der Waals surface area contributed by atoms with Crippen LogP contribution in [0.4, 0.5) is 5.69 Å². The van der Waals surface area contributed by atoms with Crippen LogP contribution >= 0.6 is 0 Å². The minimum Gasteiger partial charge on any atom is -0.469 e. The van der Waals surface area contributed by atoms with E-state index in [4.69, 9.17) is 4.74 Å². The molecule has 0 bridgehead atoms. The minimum absolute atomic E-state index is 0.130. The van der Waals surface area contributed by atoms with Gasteiger partial charge in [-0.3, -0.25) is 4.79 Å². The Morgan fingerprint density at radius 2 is 2.31 bits per heavy atom. The lowest BCUT2D eigenvalue weighted by molar-refractivity contribution is -0.140. The fraction of sp³-hybridized carbons (Fsp3) is 0.462. The Hall–Kier alpha value is -1.51. The van der Waals surface area contributed by atoms with Crippen molar-refractivity contribution in [2.45, 2.75) is 19.3 Å². The zero-order chi connectivity index (χ0) is 11.7. The molecule has 2 rings (SSSR count). The first-order valence-electron chi connectivity index (χ1n) is 5.51. The molecule has 0 aliphatic carbocycles. The highest BCUT2D eigenvalue weighted by Gasteiger charge is 2.29. The Morgan fingerprint density at radius 1 is 1.56 bits per heavy atom. The van der Waals surface area contributed by atoms with E-state index >= 15 is 0 Å². The number of methoxy groups -OCH3 is 1. The molecule has 1 heterocycles. The number of fused-ring (bicyclic) bond motifs is 1. The van der Waals surface area contributed by atoms with E-state index in [9.17, 15) is 4.79 Å². The van der Waals surface area contributed by atoms with Gasteiger partial charge in [-0.05, 0) is 24.1 Å². The number of carbonyl (C=O) groups is 1. The second-order valence-electron chi connectivity index (χ2n) is 4.37.